The molecule has 0 aliphatic heterocycles. The number of esters is 2. The van der Waals surface area contributed by atoms with Gasteiger partial charge in [-0.25, -0.2) is 4.79 Å². The normalized spacial score (nSPS) is 9.14. The molecule has 0 fully saturated rings. The van der Waals surface area contributed by atoms with Gasteiger partial charge in [-0.2, -0.15) is 0 Å². The highest BCUT2D eigenvalue weighted by molar-refractivity contribution is 5.88. The standard InChI is InChI=1S/C10H14O4/c1-5-9(6-13-8(4)11)10(12)14-7(2)3/h7H,1,6H2,2-4H3. The number of carbonyl (C=O) groups excluding carboxylic acids is 2. The van der Waals surface area contributed by atoms with Crippen molar-refractivity contribution < 1.29 is 19.1 Å². The zero-order valence-corrected chi connectivity index (χ0v) is 8.62. The number of hydrogen-bond donors (Lipinski definition) is 0. The van der Waals surface area contributed by atoms with E-state index in [0.29, 0.717) is 0 Å². The lowest BCUT2D eigenvalue weighted by Gasteiger charge is -2.08. The Morgan fingerprint density at radius 1 is 1.43 bits per heavy atom. The molecule has 0 aliphatic carbocycles. The van der Waals surface area contributed by atoms with Gasteiger partial charge < -0.3 is 9.47 Å². The first kappa shape index (κ1) is 12.5. The fraction of sp³-hybridized carbons (Fsp3) is 0.500. The molecule has 4 nitrogen and oxygen atoms in total. The van der Waals surface area contributed by atoms with E-state index in [2.05, 4.69) is 17.0 Å². The van der Waals surface area contributed by atoms with Crippen molar-refractivity contribution in [2.75, 3.05) is 6.61 Å². The molecular weight excluding hydrogens is 184 g/mol. The van der Waals surface area contributed by atoms with Gasteiger partial charge in [-0.05, 0) is 13.8 Å². The average molecular weight is 198 g/mol. The fourth-order valence-electron chi connectivity index (χ4n) is 0.641. The predicted molar refractivity (Wildman–Crippen MR) is 50.5 cm³/mol. The topological polar surface area (TPSA) is 52.6 Å². The van der Waals surface area contributed by atoms with Gasteiger partial charge in [-0.15, -0.1) is 5.73 Å². The quantitative estimate of drug-likeness (QED) is 0.387. The second-order valence-corrected chi connectivity index (χ2v) is 2.89. The molecule has 0 saturated carbocycles. The molecule has 0 N–H and O–H groups in total. The molecule has 0 aromatic heterocycles. The van der Waals surface area contributed by atoms with Crippen molar-refractivity contribution in [1.82, 2.24) is 0 Å². The van der Waals surface area contributed by atoms with Crippen molar-refractivity contribution >= 4 is 11.9 Å². The van der Waals surface area contributed by atoms with E-state index in [1.807, 2.05) is 0 Å². The molecule has 0 unspecified atom stereocenters. The van der Waals surface area contributed by atoms with Crippen LogP contribution in [0.3, 0.4) is 0 Å². The zero-order chi connectivity index (χ0) is 11.1. The highest BCUT2D eigenvalue weighted by Gasteiger charge is 2.13. The minimum absolute atomic E-state index is 0.119. The third-order valence-corrected chi connectivity index (χ3v) is 1.22. The van der Waals surface area contributed by atoms with Crippen LogP contribution in [-0.2, 0) is 19.1 Å². The molecule has 0 bridgehead atoms. The van der Waals surface area contributed by atoms with E-state index >= 15 is 0 Å². The molecule has 0 spiro atoms. The maximum atomic E-state index is 11.2. The van der Waals surface area contributed by atoms with Gasteiger partial charge in [0, 0.05) is 6.92 Å². The van der Waals surface area contributed by atoms with Crippen LogP contribution in [0.4, 0.5) is 0 Å². The van der Waals surface area contributed by atoms with Crippen molar-refractivity contribution in [3.63, 3.8) is 0 Å². The monoisotopic (exact) mass is 198 g/mol. The third kappa shape index (κ3) is 5.17. The van der Waals surface area contributed by atoms with Crippen LogP contribution in [-0.4, -0.2) is 24.6 Å². The minimum atomic E-state index is -0.559. The summed E-state index contributed by atoms with van der Waals surface area (Å²) in [5.41, 5.74) is 2.50. The molecule has 14 heavy (non-hydrogen) atoms. The van der Waals surface area contributed by atoms with E-state index in [1.54, 1.807) is 13.8 Å². The highest BCUT2D eigenvalue weighted by atomic mass is 16.6. The lowest BCUT2D eigenvalue weighted by Crippen LogP contribution is -2.17. The predicted octanol–water partition coefficient (Wildman–Crippen LogP) is 1.21. The number of ether oxygens (including phenoxy) is 2. The Morgan fingerprint density at radius 3 is 2.36 bits per heavy atom. The van der Waals surface area contributed by atoms with Gasteiger partial charge in [0.15, 0.2) is 0 Å². The van der Waals surface area contributed by atoms with Gasteiger partial charge in [0.25, 0.3) is 0 Å². The third-order valence-electron chi connectivity index (χ3n) is 1.22. The van der Waals surface area contributed by atoms with Gasteiger partial charge in [-0.1, -0.05) is 6.58 Å². The molecule has 0 aromatic carbocycles. The molecular formula is C10H14O4. The summed E-state index contributed by atoms with van der Waals surface area (Å²) in [7, 11) is 0. The lowest BCUT2D eigenvalue weighted by molar-refractivity contribution is -0.145. The van der Waals surface area contributed by atoms with Gasteiger partial charge in [0.05, 0.1) is 6.10 Å². The Bertz CT molecular complexity index is 272. The summed E-state index contributed by atoms with van der Waals surface area (Å²) < 4.78 is 9.48. The Hall–Kier alpha value is -1.54. The number of hydrogen-bond acceptors (Lipinski definition) is 4. The summed E-state index contributed by atoms with van der Waals surface area (Å²) in [5.74, 6) is -1.02. The molecule has 0 aromatic rings. The number of carbonyl (C=O) groups is 2. The summed E-state index contributed by atoms with van der Waals surface area (Å²) in [6.45, 7) is 7.88. The van der Waals surface area contributed by atoms with Crippen LogP contribution < -0.4 is 0 Å². The van der Waals surface area contributed by atoms with E-state index in [-0.39, 0.29) is 18.3 Å². The second-order valence-electron chi connectivity index (χ2n) is 2.89. The largest absolute Gasteiger partial charge is 0.460 e. The van der Waals surface area contributed by atoms with Crippen LogP contribution in [0.15, 0.2) is 17.9 Å². The van der Waals surface area contributed by atoms with E-state index < -0.39 is 11.9 Å². The zero-order valence-electron chi connectivity index (χ0n) is 8.62. The number of rotatable bonds is 4. The average Bonchev–Trinajstić information content (AvgIpc) is 2.03. The van der Waals surface area contributed by atoms with Gasteiger partial charge in [-0.3, -0.25) is 4.79 Å². The Labute approximate surface area is 83.2 Å². The summed E-state index contributed by atoms with van der Waals surface area (Å²) in [5, 5.41) is 0. The first-order valence-corrected chi connectivity index (χ1v) is 4.20. The highest BCUT2D eigenvalue weighted by Crippen LogP contribution is 2.00. The van der Waals surface area contributed by atoms with Crippen LogP contribution >= 0.6 is 0 Å². The van der Waals surface area contributed by atoms with Gasteiger partial charge >= 0.3 is 11.9 Å². The fourth-order valence-corrected chi connectivity index (χ4v) is 0.641. The molecule has 0 rings (SSSR count). The first-order valence-electron chi connectivity index (χ1n) is 4.20. The Morgan fingerprint density at radius 2 is 2.00 bits per heavy atom. The summed E-state index contributed by atoms with van der Waals surface area (Å²) in [6.07, 6.45) is -0.219. The van der Waals surface area contributed by atoms with Crippen molar-refractivity contribution in [3.8, 4) is 0 Å². The molecule has 0 amide bonds. The van der Waals surface area contributed by atoms with Crippen molar-refractivity contribution in [2.24, 2.45) is 0 Å². The minimum Gasteiger partial charge on any atom is -0.460 e. The molecule has 78 valence electrons. The first-order chi connectivity index (χ1) is 6.47. The molecule has 0 atom stereocenters. The maximum Gasteiger partial charge on any atom is 0.345 e. The van der Waals surface area contributed by atoms with Gasteiger partial charge in [0.1, 0.15) is 12.2 Å². The Kier molecular flexibility index (Phi) is 5.34. The smallest absolute Gasteiger partial charge is 0.345 e. The van der Waals surface area contributed by atoms with E-state index in [9.17, 15) is 9.59 Å². The molecule has 0 aliphatic rings. The molecule has 0 radical (unpaired) electrons. The SMILES string of the molecule is C=C=C(COC(C)=O)C(=O)OC(C)C. The molecule has 4 heteroatoms. The van der Waals surface area contributed by atoms with Crippen LogP contribution in [0.1, 0.15) is 20.8 Å². The summed E-state index contributed by atoms with van der Waals surface area (Å²) >= 11 is 0. The van der Waals surface area contributed by atoms with Crippen LogP contribution in [0.25, 0.3) is 0 Å². The van der Waals surface area contributed by atoms with Crippen LogP contribution in [0, 0.1) is 0 Å². The van der Waals surface area contributed by atoms with E-state index in [1.165, 1.54) is 6.92 Å². The van der Waals surface area contributed by atoms with Gasteiger partial charge in [0.2, 0.25) is 0 Å². The van der Waals surface area contributed by atoms with E-state index in [0.717, 1.165) is 0 Å². The van der Waals surface area contributed by atoms with Crippen molar-refractivity contribution in [1.29, 1.82) is 0 Å². The van der Waals surface area contributed by atoms with Crippen molar-refractivity contribution in [3.05, 3.63) is 17.9 Å². The lowest BCUT2D eigenvalue weighted by atomic mass is 10.3. The van der Waals surface area contributed by atoms with Crippen LogP contribution in [0.2, 0.25) is 0 Å². The molecule has 0 saturated heterocycles. The summed E-state index contributed by atoms with van der Waals surface area (Å²) in [4.78, 5) is 21.7. The Balaban J connectivity index is 4.22. The summed E-state index contributed by atoms with van der Waals surface area (Å²) in [6, 6.07) is 0. The second kappa shape index (κ2) is 6.00. The van der Waals surface area contributed by atoms with Crippen LogP contribution in [0.5, 0.6) is 0 Å². The van der Waals surface area contributed by atoms with E-state index in [4.69, 9.17) is 4.74 Å². The molecule has 0 heterocycles. The van der Waals surface area contributed by atoms with Crippen molar-refractivity contribution in [2.45, 2.75) is 26.9 Å². The maximum absolute atomic E-state index is 11.2.